The molecule has 0 atom stereocenters. The zero-order valence-corrected chi connectivity index (χ0v) is 9.32. The summed E-state index contributed by atoms with van der Waals surface area (Å²) in [6.07, 6.45) is 6.05. The van der Waals surface area contributed by atoms with Crippen LogP contribution in [-0.2, 0) is 13.6 Å². The lowest BCUT2D eigenvalue weighted by atomic mass is 10.2. The fraction of sp³-hybridized carbons (Fsp3) is 0.800. The van der Waals surface area contributed by atoms with Gasteiger partial charge >= 0.3 is 0 Å². The van der Waals surface area contributed by atoms with E-state index in [0.717, 1.165) is 38.2 Å². The minimum Gasteiger partial charge on any atom is -0.396 e. The van der Waals surface area contributed by atoms with Gasteiger partial charge in [0.15, 0.2) is 5.82 Å². The number of nitrogens with zero attached hydrogens (tertiary/aromatic N) is 3. The highest BCUT2D eigenvalue weighted by molar-refractivity contribution is 4.79. The number of aliphatic hydroxyl groups excluding tert-OH is 1. The van der Waals surface area contributed by atoms with Crippen LogP contribution in [0.15, 0.2) is 6.33 Å². The molecular formula is C10H20N4O. The second kappa shape index (κ2) is 7.36. The maximum Gasteiger partial charge on any atom is 0.164 e. The largest absolute Gasteiger partial charge is 0.396 e. The zero-order valence-electron chi connectivity index (χ0n) is 9.32. The Balaban J connectivity index is 1.93. The third-order valence-corrected chi connectivity index (χ3v) is 2.19. The SMILES string of the molecule is Cn1cnc(CNCCCCCCO)n1. The number of unbranched alkanes of at least 4 members (excludes halogenated alkanes) is 3. The Kier molecular flexibility index (Phi) is 5.96. The lowest BCUT2D eigenvalue weighted by Gasteiger charge is -2.01. The Hall–Kier alpha value is -0.940. The molecule has 1 rings (SSSR count). The summed E-state index contributed by atoms with van der Waals surface area (Å²) in [7, 11) is 1.87. The summed E-state index contributed by atoms with van der Waals surface area (Å²) in [5, 5.41) is 16.0. The quantitative estimate of drug-likeness (QED) is 0.614. The van der Waals surface area contributed by atoms with Gasteiger partial charge in [-0.1, -0.05) is 12.8 Å². The van der Waals surface area contributed by atoms with Crippen molar-refractivity contribution in [1.29, 1.82) is 0 Å². The molecule has 0 saturated heterocycles. The standard InChI is InChI=1S/C10H20N4O/c1-14-9-12-10(13-14)8-11-6-4-2-3-5-7-15/h9,11,15H,2-8H2,1H3. The second-order valence-electron chi connectivity index (χ2n) is 3.65. The molecule has 5 heteroatoms. The fourth-order valence-corrected chi connectivity index (χ4v) is 1.38. The van der Waals surface area contributed by atoms with Crippen LogP contribution in [0.5, 0.6) is 0 Å². The second-order valence-corrected chi connectivity index (χ2v) is 3.65. The third kappa shape index (κ3) is 5.49. The van der Waals surface area contributed by atoms with E-state index >= 15 is 0 Å². The van der Waals surface area contributed by atoms with Gasteiger partial charge in [-0.05, 0) is 19.4 Å². The van der Waals surface area contributed by atoms with E-state index in [4.69, 9.17) is 5.11 Å². The molecule has 0 aliphatic carbocycles. The first-order valence-electron chi connectivity index (χ1n) is 5.49. The maximum atomic E-state index is 8.59. The molecule has 0 aromatic carbocycles. The summed E-state index contributed by atoms with van der Waals surface area (Å²) >= 11 is 0. The fourth-order valence-electron chi connectivity index (χ4n) is 1.38. The number of hydrogen-bond donors (Lipinski definition) is 2. The van der Waals surface area contributed by atoms with Crippen molar-refractivity contribution in [3.8, 4) is 0 Å². The van der Waals surface area contributed by atoms with Gasteiger partial charge in [0.1, 0.15) is 6.33 Å². The van der Waals surface area contributed by atoms with Gasteiger partial charge in [0.25, 0.3) is 0 Å². The summed E-state index contributed by atoms with van der Waals surface area (Å²) in [6.45, 7) is 2.04. The molecule has 0 amide bonds. The Bertz CT molecular complexity index is 262. The van der Waals surface area contributed by atoms with Gasteiger partial charge in [0, 0.05) is 13.7 Å². The lowest BCUT2D eigenvalue weighted by Crippen LogP contribution is -2.15. The molecule has 0 aliphatic heterocycles. The Morgan fingerprint density at radius 3 is 2.80 bits per heavy atom. The van der Waals surface area contributed by atoms with Gasteiger partial charge in [-0.25, -0.2) is 4.98 Å². The van der Waals surface area contributed by atoms with Crippen molar-refractivity contribution in [1.82, 2.24) is 20.1 Å². The van der Waals surface area contributed by atoms with Crippen LogP contribution in [0, 0.1) is 0 Å². The van der Waals surface area contributed by atoms with Gasteiger partial charge in [0.05, 0.1) is 6.54 Å². The number of rotatable bonds is 8. The molecule has 86 valence electrons. The molecule has 5 nitrogen and oxygen atoms in total. The molecule has 0 aliphatic rings. The van der Waals surface area contributed by atoms with Crippen LogP contribution in [0.4, 0.5) is 0 Å². The molecule has 0 spiro atoms. The normalized spacial score (nSPS) is 10.8. The maximum absolute atomic E-state index is 8.59. The lowest BCUT2D eigenvalue weighted by molar-refractivity contribution is 0.282. The van der Waals surface area contributed by atoms with Crippen molar-refractivity contribution in [2.24, 2.45) is 7.05 Å². The van der Waals surface area contributed by atoms with Crippen molar-refractivity contribution in [3.05, 3.63) is 12.2 Å². The number of aromatic nitrogens is 3. The number of aryl methyl sites for hydroxylation is 1. The zero-order chi connectivity index (χ0) is 10.9. The number of nitrogens with one attached hydrogen (secondary N) is 1. The van der Waals surface area contributed by atoms with Crippen LogP contribution in [0.2, 0.25) is 0 Å². The Morgan fingerprint density at radius 1 is 1.33 bits per heavy atom. The average Bonchev–Trinajstić information content (AvgIpc) is 2.63. The van der Waals surface area contributed by atoms with E-state index in [0.29, 0.717) is 6.61 Å². The third-order valence-electron chi connectivity index (χ3n) is 2.19. The van der Waals surface area contributed by atoms with E-state index in [9.17, 15) is 0 Å². The Labute approximate surface area is 90.5 Å². The van der Waals surface area contributed by atoms with E-state index < -0.39 is 0 Å². The summed E-state index contributed by atoms with van der Waals surface area (Å²) in [5.41, 5.74) is 0. The van der Waals surface area contributed by atoms with E-state index in [2.05, 4.69) is 15.4 Å². The molecule has 2 N–H and O–H groups in total. The molecular weight excluding hydrogens is 192 g/mol. The molecule has 0 saturated carbocycles. The predicted molar refractivity (Wildman–Crippen MR) is 58.3 cm³/mol. The smallest absolute Gasteiger partial charge is 0.164 e. The highest BCUT2D eigenvalue weighted by Gasteiger charge is 1.96. The molecule has 1 heterocycles. The number of hydrogen-bond acceptors (Lipinski definition) is 4. The van der Waals surface area contributed by atoms with Crippen LogP contribution in [0.1, 0.15) is 31.5 Å². The van der Waals surface area contributed by atoms with Gasteiger partial charge in [-0.3, -0.25) is 4.68 Å². The average molecular weight is 212 g/mol. The van der Waals surface area contributed by atoms with Gasteiger partial charge < -0.3 is 10.4 Å². The van der Waals surface area contributed by atoms with Crippen molar-refractivity contribution in [3.63, 3.8) is 0 Å². The molecule has 0 bridgehead atoms. The first-order valence-corrected chi connectivity index (χ1v) is 5.49. The first-order chi connectivity index (χ1) is 7.33. The molecule has 0 fully saturated rings. The van der Waals surface area contributed by atoms with Crippen molar-refractivity contribution in [2.45, 2.75) is 32.2 Å². The van der Waals surface area contributed by atoms with E-state index in [1.54, 1.807) is 11.0 Å². The first kappa shape index (κ1) is 12.1. The van der Waals surface area contributed by atoms with E-state index in [-0.39, 0.29) is 0 Å². The summed E-state index contributed by atoms with van der Waals surface area (Å²) < 4.78 is 1.71. The number of aliphatic hydroxyl groups is 1. The minimum absolute atomic E-state index is 0.311. The van der Waals surface area contributed by atoms with Crippen LogP contribution in [-0.4, -0.2) is 33.0 Å². The van der Waals surface area contributed by atoms with Gasteiger partial charge in [-0.15, -0.1) is 0 Å². The van der Waals surface area contributed by atoms with Gasteiger partial charge in [-0.2, -0.15) is 5.10 Å². The molecule has 0 unspecified atom stereocenters. The van der Waals surface area contributed by atoms with E-state index in [1.165, 1.54) is 6.42 Å². The summed E-state index contributed by atoms with van der Waals surface area (Å²) in [4.78, 5) is 4.12. The van der Waals surface area contributed by atoms with Crippen molar-refractivity contribution < 1.29 is 5.11 Å². The highest BCUT2D eigenvalue weighted by Crippen LogP contribution is 1.97. The summed E-state index contributed by atoms with van der Waals surface area (Å²) in [6, 6.07) is 0. The molecule has 1 aromatic heterocycles. The predicted octanol–water partition coefficient (Wildman–Crippen LogP) is 0.457. The van der Waals surface area contributed by atoms with Crippen molar-refractivity contribution in [2.75, 3.05) is 13.2 Å². The molecule has 1 aromatic rings. The van der Waals surface area contributed by atoms with Gasteiger partial charge in [0.2, 0.25) is 0 Å². The minimum atomic E-state index is 0.311. The topological polar surface area (TPSA) is 63.0 Å². The highest BCUT2D eigenvalue weighted by atomic mass is 16.2. The van der Waals surface area contributed by atoms with Crippen LogP contribution >= 0.6 is 0 Å². The summed E-state index contributed by atoms with van der Waals surface area (Å²) in [5.74, 6) is 0.841. The van der Waals surface area contributed by atoms with Crippen LogP contribution in [0.3, 0.4) is 0 Å². The van der Waals surface area contributed by atoms with Crippen LogP contribution in [0.25, 0.3) is 0 Å². The molecule has 0 radical (unpaired) electrons. The molecule has 15 heavy (non-hydrogen) atoms. The van der Waals surface area contributed by atoms with Crippen molar-refractivity contribution >= 4 is 0 Å². The van der Waals surface area contributed by atoms with Crippen LogP contribution < -0.4 is 5.32 Å². The van der Waals surface area contributed by atoms with E-state index in [1.807, 2.05) is 7.05 Å². The Morgan fingerprint density at radius 2 is 2.13 bits per heavy atom. The monoisotopic (exact) mass is 212 g/mol.